The first-order valence-corrected chi connectivity index (χ1v) is 6.73. The van der Waals surface area contributed by atoms with Crippen molar-refractivity contribution in [3.63, 3.8) is 0 Å². The second-order valence-electron chi connectivity index (χ2n) is 3.31. The molecule has 0 aromatic heterocycles. The van der Waals surface area contributed by atoms with Crippen LogP contribution in [-0.2, 0) is 10.0 Å². The molecule has 0 aliphatic carbocycles. The van der Waals surface area contributed by atoms with Crippen LogP contribution in [-0.4, -0.2) is 18.8 Å². The average Bonchev–Trinajstić information content (AvgIpc) is 2.26. The molecule has 2 N–H and O–H groups in total. The number of halogens is 1. The van der Waals surface area contributed by atoms with Crippen molar-refractivity contribution in [3.05, 3.63) is 23.2 Å². The van der Waals surface area contributed by atoms with Gasteiger partial charge in [-0.1, -0.05) is 24.6 Å². The number of sulfonamides is 1. The van der Waals surface area contributed by atoms with Gasteiger partial charge in [-0.3, -0.25) is 4.72 Å². The Bertz CT molecular complexity index is 551. The maximum atomic E-state index is 11.7. The van der Waals surface area contributed by atoms with E-state index in [0.717, 1.165) is 0 Å². The molecule has 0 radical (unpaired) electrons. The summed E-state index contributed by atoms with van der Waals surface area (Å²) in [6.07, 6.45) is 0.160. The number of nitrogens with one attached hydrogen (secondary N) is 1. The van der Waals surface area contributed by atoms with Crippen LogP contribution in [0.2, 0.25) is 5.02 Å². The molecule has 1 aromatic rings. The number of anilines is 1. The van der Waals surface area contributed by atoms with Gasteiger partial charge in [-0.15, -0.1) is 0 Å². The third-order valence-corrected chi connectivity index (χ3v) is 4.13. The van der Waals surface area contributed by atoms with Crippen LogP contribution < -0.4 is 4.72 Å². The van der Waals surface area contributed by atoms with Crippen LogP contribution in [0.3, 0.4) is 0 Å². The Morgan fingerprint density at radius 2 is 2.24 bits per heavy atom. The third-order valence-electron chi connectivity index (χ3n) is 2.13. The smallest absolute Gasteiger partial charge is 0.249 e. The molecule has 7 heteroatoms. The monoisotopic (exact) mass is 274 g/mol. The molecule has 0 heterocycles. The van der Waals surface area contributed by atoms with Crippen molar-refractivity contribution in [3.8, 4) is 11.8 Å². The average molecular weight is 275 g/mol. The number of hydrogen-bond acceptors (Lipinski definition) is 4. The quantitative estimate of drug-likeness (QED) is 0.823. The van der Waals surface area contributed by atoms with Crippen LogP contribution in [0.1, 0.15) is 13.3 Å². The minimum absolute atomic E-state index is 0.0359. The molecule has 1 rings (SSSR count). The minimum atomic E-state index is -3.84. The second kappa shape index (κ2) is 5.25. The molecule has 0 fully saturated rings. The van der Waals surface area contributed by atoms with Gasteiger partial charge in [0.15, 0.2) is 11.0 Å². The molecule has 0 saturated carbocycles. The summed E-state index contributed by atoms with van der Waals surface area (Å²) in [6.45, 7) is 1.59. The summed E-state index contributed by atoms with van der Waals surface area (Å²) < 4.78 is 25.6. The SMILES string of the molecule is CCC(C#N)S(=O)(=O)Nc1cccc(Cl)c1O. The summed E-state index contributed by atoms with van der Waals surface area (Å²) in [5, 5.41) is 17.1. The lowest BCUT2D eigenvalue weighted by Gasteiger charge is -2.12. The largest absolute Gasteiger partial charge is 0.504 e. The zero-order valence-electron chi connectivity index (χ0n) is 9.01. The zero-order chi connectivity index (χ0) is 13.1. The maximum absolute atomic E-state index is 11.7. The highest BCUT2D eigenvalue weighted by atomic mass is 35.5. The summed E-state index contributed by atoms with van der Waals surface area (Å²) in [5.74, 6) is -0.356. The van der Waals surface area contributed by atoms with E-state index in [0.29, 0.717) is 0 Å². The van der Waals surface area contributed by atoms with Crippen molar-refractivity contribution >= 4 is 27.3 Å². The first-order valence-electron chi connectivity index (χ1n) is 4.81. The molecule has 0 aliphatic heterocycles. The van der Waals surface area contributed by atoms with Crippen molar-refractivity contribution in [2.75, 3.05) is 4.72 Å². The second-order valence-corrected chi connectivity index (χ2v) is 5.58. The molecule has 1 aromatic carbocycles. The standard InChI is InChI=1S/C10H11ClN2O3S/c1-2-7(6-12)17(15,16)13-9-5-3-4-8(11)10(9)14/h3-5,7,13-14H,2H2,1H3. The van der Waals surface area contributed by atoms with Crippen LogP contribution in [0.5, 0.6) is 5.75 Å². The van der Waals surface area contributed by atoms with Gasteiger partial charge >= 0.3 is 0 Å². The van der Waals surface area contributed by atoms with Gasteiger partial charge in [-0.05, 0) is 18.6 Å². The van der Waals surface area contributed by atoms with Crippen LogP contribution in [0.25, 0.3) is 0 Å². The van der Waals surface area contributed by atoms with Gasteiger partial charge in [0.1, 0.15) is 0 Å². The van der Waals surface area contributed by atoms with E-state index in [9.17, 15) is 13.5 Å². The van der Waals surface area contributed by atoms with Gasteiger partial charge in [-0.25, -0.2) is 8.42 Å². The lowest BCUT2D eigenvalue weighted by Crippen LogP contribution is -2.25. The van der Waals surface area contributed by atoms with E-state index < -0.39 is 15.3 Å². The van der Waals surface area contributed by atoms with Crippen molar-refractivity contribution in [1.29, 1.82) is 5.26 Å². The molecule has 0 bridgehead atoms. The van der Waals surface area contributed by atoms with Gasteiger partial charge in [0, 0.05) is 0 Å². The van der Waals surface area contributed by atoms with Gasteiger partial charge in [0.05, 0.1) is 16.8 Å². The molecule has 0 aliphatic rings. The Hall–Kier alpha value is -1.45. The lowest BCUT2D eigenvalue weighted by atomic mass is 10.3. The zero-order valence-corrected chi connectivity index (χ0v) is 10.6. The van der Waals surface area contributed by atoms with Gasteiger partial charge in [0.25, 0.3) is 0 Å². The van der Waals surface area contributed by atoms with Crippen molar-refractivity contribution < 1.29 is 13.5 Å². The number of hydrogen-bond donors (Lipinski definition) is 2. The first-order chi connectivity index (χ1) is 7.92. The maximum Gasteiger partial charge on any atom is 0.249 e. The number of phenols is 1. The Morgan fingerprint density at radius 3 is 2.76 bits per heavy atom. The Kier molecular flexibility index (Phi) is 4.21. The predicted octanol–water partition coefficient (Wildman–Crippen LogP) is 2.09. The molecule has 0 spiro atoms. The van der Waals surface area contributed by atoms with E-state index in [-0.39, 0.29) is 22.9 Å². The highest BCUT2D eigenvalue weighted by molar-refractivity contribution is 7.93. The number of phenolic OH excluding ortho intramolecular Hbond substituents is 1. The van der Waals surface area contributed by atoms with Crippen molar-refractivity contribution in [2.24, 2.45) is 0 Å². The Morgan fingerprint density at radius 1 is 1.59 bits per heavy atom. The number of nitrogens with zero attached hydrogens (tertiary/aromatic N) is 1. The van der Waals surface area contributed by atoms with E-state index in [1.54, 1.807) is 13.0 Å². The minimum Gasteiger partial charge on any atom is -0.504 e. The van der Waals surface area contributed by atoms with E-state index >= 15 is 0 Å². The lowest BCUT2D eigenvalue weighted by molar-refractivity contribution is 0.478. The van der Waals surface area contributed by atoms with Crippen LogP contribution in [0, 0.1) is 11.3 Å². The third kappa shape index (κ3) is 3.02. The van der Waals surface area contributed by atoms with Crippen molar-refractivity contribution in [2.45, 2.75) is 18.6 Å². The topological polar surface area (TPSA) is 90.2 Å². The summed E-state index contributed by atoms with van der Waals surface area (Å²) in [7, 11) is -3.84. The number of rotatable bonds is 4. The first kappa shape index (κ1) is 13.6. The van der Waals surface area contributed by atoms with Gasteiger partial charge < -0.3 is 5.11 Å². The normalized spacial score (nSPS) is 12.8. The Labute approximate surface area is 105 Å². The molecule has 5 nitrogen and oxygen atoms in total. The van der Waals surface area contributed by atoms with E-state index in [1.807, 2.05) is 0 Å². The fraction of sp³-hybridized carbons (Fsp3) is 0.300. The summed E-state index contributed by atoms with van der Waals surface area (Å²) >= 11 is 5.64. The summed E-state index contributed by atoms with van der Waals surface area (Å²) in [5.41, 5.74) is -0.0359. The number of benzene rings is 1. The fourth-order valence-electron chi connectivity index (χ4n) is 1.20. The summed E-state index contributed by atoms with van der Waals surface area (Å²) in [6, 6.07) is 5.97. The van der Waals surface area contributed by atoms with E-state index in [4.69, 9.17) is 16.9 Å². The molecule has 1 unspecified atom stereocenters. The van der Waals surface area contributed by atoms with Gasteiger partial charge in [-0.2, -0.15) is 5.26 Å². The van der Waals surface area contributed by atoms with Gasteiger partial charge in [0.2, 0.25) is 10.0 Å². The van der Waals surface area contributed by atoms with Crippen LogP contribution in [0.4, 0.5) is 5.69 Å². The van der Waals surface area contributed by atoms with Crippen LogP contribution in [0.15, 0.2) is 18.2 Å². The fourth-order valence-corrected chi connectivity index (χ4v) is 2.57. The highest BCUT2D eigenvalue weighted by Crippen LogP contribution is 2.32. The van der Waals surface area contributed by atoms with E-state index in [2.05, 4.69) is 4.72 Å². The van der Waals surface area contributed by atoms with E-state index in [1.165, 1.54) is 18.2 Å². The Balaban J connectivity index is 3.07. The van der Waals surface area contributed by atoms with Crippen LogP contribution >= 0.6 is 11.6 Å². The molecular weight excluding hydrogens is 264 g/mol. The number of nitriles is 1. The molecule has 0 amide bonds. The molecule has 0 saturated heterocycles. The molecular formula is C10H11ClN2O3S. The molecule has 92 valence electrons. The highest BCUT2D eigenvalue weighted by Gasteiger charge is 2.24. The predicted molar refractivity (Wildman–Crippen MR) is 65.4 cm³/mol. The number of para-hydroxylation sites is 1. The van der Waals surface area contributed by atoms with Crippen molar-refractivity contribution in [1.82, 2.24) is 0 Å². The number of aromatic hydroxyl groups is 1. The molecule has 1 atom stereocenters. The summed E-state index contributed by atoms with van der Waals surface area (Å²) in [4.78, 5) is 0. The molecule has 17 heavy (non-hydrogen) atoms.